The lowest BCUT2D eigenvalue weighted by atomic mass is 10.1. The first-order chi connectivity index (χ1) is 9.83. The minimum absolute atomic E-state index is 0.0264. The van der Waals surface area contributed by atoms with Crippen molar-refractivity contribution in [1.82, 2.24) is 9.88 Å². The molecule has 0 aromatic carbocycles. The Morgan fingerprint density at radius 2 is 2.14 bits per heavy atom. The van der Waals surface area contributed by atoms with E-state index < -0.39 is 5.60 Å². The lowest BCUT2D eigenvalue weighted by Crippen LogP contribution is -2.46. The number of carbonyl (C=O) groups is 1. The predicted molar refractivity (Wildman–Crippen MR) is 80.4 cm³/mol. The average molecular weight is 292 g/mol. The fourth-order valence-electron chi connectivity index (χ4n) is 2.22. The number of ether oxygens (including phenoxy) is 2. The maximum Gasteiger partial charge on any atom is 0.410 e. The smallest absolute Gasteiger partial charge is 0.410 e. The zero-order valence-electron chi connectivity index (χ0n) is 13.3. The molecule has 0 aliphatic carbocycles. The Morgan fingerprint density at radius 1 is 1.38 bits per heavy atom. The molecule has 0 radical (unpaired) electrons. The third-order valence-electron chi connectivity index (χ3n) is 3.20. The van der Waals surface area contributed by atoms with E-state index in [2.05, 4.69) is 4.98 Å². The molecule has 1 aromatic rings. The van der Waals surface area contributed by atoms with Crippen LogP contribution in [0.3, 0.4) is 0 Å². The SMILES string of the molecule is Cc1ccc(O[C@H]2CCCN(C(=O)OC(C)(C)C)C2)nc1. The van der Waals surface area contributed by atoms with E-state index >= 15 is 0 Å². The van der Waals surface area contributed by atoms with E-state index in [0.717, 1.165) is 24.9 Å². The zero-order valence-corrected chi connectivity index (χ0v) is 13.3. The van der Waals surface area contributed by atoms with Crippen molar-refractivity contribution in [2.45, 2.75) is 52.2 Å². The van der Waals surface area contributed by atoms with Crippen molar-refractivity contribution in [3.63, 3.8) is 0 Å². The molecule has 2 rings (SSSR count). The molecule has 1 amide bonds. The van der Waals surface area contributed by atoms with Gasteiger partial charge in [-0.25, -0.2) is 9.78 Å². The lowest BCUT2D eigenvalue weighted by Gasteiger charge is -2.33. The van der Waals surface area contributed by atoms with E-state index in [4.69, 9.17) is 9.47 Å². The van der Waals surface area contributed by atoms with Gasteiger partial charge in [0.05, 0.1) is 6.54 Å². The van der Waals surface area contributed by atoms with E-state index in [1.54, 1.807) is 11.1 Å². The summed E-state index contributed by atoms with van der Waals surface area (Å²) in [5.41, 5.74) is 0.630. The van der Waals surface area contributed by atoms with Gasteiger partial charge in [-0.1, -0.05) is 6.07 Å². The van der Waals surface area contributed by atoms with Crippen LogP contribution in [0.15, 0.2) is 18.3 Å². The van der Waals surface area contributed by atoms with Gasteiger partial charge in [0, 0.05) is 18.8 Å². The number of piperidine rings is 1. The summed E-state index contributed by atoms with van der Waals surface area (Å²) in [7, 11) is 0. The number of likely N-dealkylation sites (tertiary alicyclic amines) is 1. The van der Waals surface area contributed by atoms with Crippen LogP contribution in [-0.4, -0.2) is 40.8 Å². The van der Waals surface area contributed by atoms with E-state index in [0.29, 0.717) is 12.4 Å². The van der Waals surface area contributed by atoms with E-state index in [9.17, 15) is 4.79 Å². The fraction of sp³-hybridized carbons (Fsp3) is 0.625. The topological polar surface area (TPSA) is 51.7 Å². The summed E-state index contributed by atoms with van der Waals surface area (Å²) in [4.78, 5) is 18.0. The first kappa shape index (κ1) is 15.6. The van der Waals surface area contributed by atoms with Crippen molar-refractivity contribution >= 4 is 6.09 Å². The molecular formula is C16H24N2O3. The first-order valence-electron chi connectivity index (χ1n) is 7.41. The second-order valence-electron chi connectivity index (χ2n) is 6.48. The van der Waals surface area contributed by atoms with Crippen LogP contribution in [0.25, 0.3) is 0 Å². The lowest BCUT2D eigenvalue weighted by molar-refractivity contribution is 0.00722. The maximum absolute atomic E-state index is 12.1. The molecule has 1 aliphatic rings. The van der Waals surface area contributed by atoms with Gasteiger partial charge in [-0.3, -0.25) is 0 Å². The molecule has 0 unspecified atom stereocenters. The van der Waals surface area contributed by atoms with Crippen molar-refractivity contribution in [2.24, 2.45) is 0 Å². The monoisotopic (exact) mass is 292 g/mol. The van der Waals surface area contributed by atoms with E-state index in [1.165, 1.54) is 0 Å². The normalized spacial score (nSPS) is 19.2. The molecule has 5 nitrogen and oxygen atoms in total. The van der Waals surface area contributed by atoms with Gasteiger partial charge in [0.2, 0.25) is 5.88 Å². The molecule has 0 saturated carbocycles. The summed E-state index contributed by atoms with van der Waals surface area (Å²) in [5.74, 6) is 0.608. The summed E-state index contributed by atoms with van der Waals surface area (Å²) < 4.78 is 11.3. The molecular weight excluding hydrogens is 268 g/mol. The third kappa shape index (κ3) is 4.92. The third-order valence-corrected chi connectivity index (χ3v) is 3.20. The molecule has 1 saturated heterocycles. The zero-order chi connectivity index (χ0) is 15.5. The van der Waals surface area contributed by atoms with Crippen LogP contribution >= 0.6 is 0 Å². The Morgan fingerprint density at radius 3 is 2.76 bits per heavy atom. The Bertz CT molecular complexity index is 479. The Hall–Kier alpha value is -1.78. The summed E-state index contributed by atoms with van der Waals surface area (Å²) in [6, 6.07) is 3.83. The van der Waals surface area contributed by atoms with Crippen LogP contribution in [0.1, 0.15) is 39.2 Å². The molecule has 21 heavy (non-hydrogen) atoms. The molecule has 0 spiro atoms. The Balaban J connectivity index is 1.91. The maximum atomic E-state index is 12.1. The second kappa shape index (κ2) is 6.33. The fourth-order valence-corrected chi connectivity index (χ4v) is 2.22. The van der Waals surface area contributed by atoms with Gasteiger partial charge in [-0.2, -0.15) is 0 Å². The molecule has 0 bridgehead atoms. The van der Waals surface area contributed by atoms with Gasteiger partial charge >= 0.3 is 6.09 Å². The number of carbonyl (C=O) groups excluding carboxylic acids is 1. The highest BCUT2D eigenvalue weighted by Gasteiger charge is 2.28. The van der Waals surface area contributed by atoms with Crippen LogP contribution in [0.5, 0.6) is 5.88 Å². The highest BCUT2D eigenvalue weighted by atomic mass is 16.6. The largest absolute Gasteiger partial charge is 0.472 e. The molecule has 0 N–H and O–H groups in total. The second-order valence-corrected chi connectivity index (χ2v) is 6.48. The predicted octanol–water partition coefficient (Wildman–Crippen LogP) is 3.17. The number of aromatic nitrogens is 1. The minimum atomic E-state index is -0.469. The molecule has 116 valence electrons. The van der Waals surface area contributed by atoms with Gasteiger partial charge < -0.3 is 14.4 Å². The summed E-state index contributed by atoms with van der Waals surface area (Å²) in [6.45, 7) is 8.87. The van der Waals surface area contributed by atoms with Crippen molar-refractivity contribution in [3.05, 3.63) is 23.9 Å². The van der Waals surface area contributed by atoms with Gasteiger partial charge in [0.25, 0.3) is 0 Å². The van der Waals surface area contributed by atoms with E-state index in [1.807, 2.05) is 39.8 Å². The summed E-state index contributed by atoms with van der Waals surface area (Å²) in [5, 5.41) is 0. The Kier molecular flexibility index (Phi) is 4.70. The van der Waals surface area contributed by atoms with Gasteiger partial charge in [-0.05, 0) is 46.1 Å². The van der Waals surface area contributed by atoms with Gasteiger partial charge in [-0.15, -0.1) is 0 Å². The molecule has 1 atom stereocenters. The van der Waals surface area contributed by atoms with Crippen LogP contribution in [0.2, 0.25) is 0 Å². The van der Waals surface area contributed by atoms with Crippen molar-refractivity contribution < 1.29 is 14.3 Å². The van der Waals surface area contributed by atoms with Crippen LogP contribution in [0.4, 0.5) is 4.79 Å². The van der Waals surface area contributed by atoms with Crippen molar-refractivity contribution in [1.29, 1.82) is 0 Å². The summed E-state index contributed by atoms with van der Waals surface area (Å²) in [6.07, 6.45) is 3.32. The standard InChI is InChI=1S/C16H24N2O3/c1-12-7-8-14(17-10-12)20-13-6-5-9-18(11-13)15(19)21-16(2,3)4/h7-8,10,13H,5-6,9,11H2,1-4H3/t13-/m0/s1. The molecule has 2 heterocycles. The van der Waals surface area contributed by atoms with Crippen LogP contribution in [-0.2, 0) is 4.74 Å². The number of pyridine rings is 1. The number of hydrogen-bond donors (Lipinski definition) is 0. The number of rotatable bonds is 2. The molecule has 5 heteroatoms. The average Bonchev–Trinajstić information content (AvgIpc) is 2.40. The number of nitrogens with zero attached hydrogens (tertiary/aromatic N) is 2. The van der Waals surface area contributed by atoms with Crippen molar-refractivity contribution in [3.8, 4) is 5.88 Å². The van der Waals surface area contributed by atoms with Crippen molar-refractivity contribution in [2.75, 3.05) is 13.1 Å². The highest BCUT2D eigenvalue weighted by molar-refractivity contribution is 5.68. The molecule has 1 aromatic heterocycles. The first-order valence-corrected chi connectivity index (χ1v) is 7.41. The minimum Gasteiger partial charge on any atom is -0.472 e. The van der Waals surface area contributed by atoms with E-state index in [-0.39, 0.29) is 12.2 Å². The number of amides is 1. The van der Waals surface area contributed by atoms with Gasteiger partial charge in [0.15, 0.2) is 0 Å². The Labute approximate surface area is 126 Å². The molecule has 1 fully saturated rings. The quantitative estimate of drug-likeness (QED) is 0.840. The summed E-state index contributed by atoms with van der Waals surface area (Å²) >= 11 is 0. The van der Waals surface area contributed by atoms with Crippen LogP contribution in [0, 0.1) is 6.92 Å². The highest BCUT2D eigenvalue weighted by Crippen LogP contribution is 2.19. The molecule has 1 aliphatic heterocycles. The number of aryl methyl sites for hydroxylation is 1. The van der Waals surface area contributed by atoms with Gasteiger partial charge in [0.1, 0.15) is 11.7 Å². The van der Waals surface area contributed by atoms with Crippen LogP contribution < -0.4 is 4.74 Å². The number of hydrogen-bond acceptors (Lipinski definition) is 4.